The van der Waals surface area contributed by atoms with E-state index in [1.807, 2.05) is 0 Å². The van der Waals surface area contributed by atoms with Gasteiger partial charge in [0.15, 0.2) is 11.6 Å². The number of hydrogen-bond donors (Lipinski definition) is 2. The summed E-state index contributed by atoms with van der Waals surface area (Å²) >= 11 is 0. The van der Waals surface area contributed by atoms with E-state index >= 15 is 0 Å². The number of halogens is 2. The average molecular weight is 187 g/mol. The van der Waals surface area contributed by atoms with Gasteiger partial charge < -0.3 is 11.1 Å². The van der Waals surface area contributed by atoms with Crippen molar-refractivity contribution < 1.29 is 8.78 Å². The van der Waals surface area contributed by atoms with E-state index in [4.69, 9.17) is 5.73 Å². The Bertz CT molecular complexity index is 289. The lowest BCUT2D eigenvalue weighted by atomic mass is 10.3. The molecule has 0 aliphatic rings. The highest BCUT2D eigenvalue weighted by Crippen LogP contribution is 2.10. The molecule has 0 amide bonds. The highest BCUT2D eigenvalue weighted by atomic mass is 19.1. The zero-order chi connectivity index (χ0) is 9.84. The quantitative estimate of drug-likeness (QED) is 0.745. The van der Waals surface area contributed by atoms with Crippen LogP contribution >= 0.6 is 0 Å². The van der Waals surface area contributed by atoms with Crippen molar-refractivity contribution in [3.05, 3.63) is 23.9 Å². The lowest BCUT2D eigenvalue weighted by molar-refractivity contribution is 0.574. The Hall–Kier alpha value is -1.23. The van der Waals surface area contributed by atoms with Crippen molar-refractivity contribution in [2.45, 2.75) is 13.0 Å². The van der Waals surface area contributed by atoms with Gasteiger partial charge in [-0.05, 0) is 6.92 Å². The van der Waals surface area contributed by atoms with Crippen molar-refractivity contribution in [3.63, 3.8) is 0 Å². The normalized spacial score (nSPS) is 12.6. The lowest BCUT2D eigenvalue weighted by Gasteiger charge is -2.08. The third kappa shape index (κ3) is 2.95. The first-order valence-electron chi connectivity index (χ1n) is 3.90. The number of nitrogens with one attached hydrogen (secondary N) is 1. The van der Waals surface area contributed by atoms with Gasteiger partial charge in [0, 0.05) is 18.7 Å². The van der Waals surface area contributed by atoms with Crippen molar-refractivity contribution in [3.8, 4) is 0 Å². The lowest BCUT2D eigenvalue weighted by Crippen LogP contribution is -2.25. The molecule has 0 spiro atoms. The van der Waals surface area contributed by atoms with Gasteiger partial charge in [0.25, 0.3) is 0 Å². The monoisotopic (exact) mass is 187 g/mol. The Kier molecular flexibility index (Phi) is 3.13. The van der Waals surface area contributed by atoms with Gasteiger partial charge in [0.05, 0.1) is 6.20 Å². The second-order valence-corrected chi connectivity index (χ2v) is 2.84. The molecule has 0 fully saturated rings. The molecule has 3 nitrogen and oxygen atoms in total. The van der Waals surface area contributed by atoms with Crippen LogP contribution < -0.4 is 11.1 Å². The third-order valence-corrected chi connectivity index (χ3v) is 1.40. The van der Waals surface area contributed by atoms with Crippen LogP contribution in [0.1, 0.15) is 6.92 Å². The number of nitrogens with two attached hydrogens (primary N) is 1. The molecular weight excluding hydrogens is 176 g/mol. The van der Waals surface area contributed by atoms with Gasteiger partial charge in [0.1, 0.15) is 5.82 Å². The van der Waals surface area contributed by atoms with Gasteiger partial charge in [-0.3, -0.25) is 0 Å². The Labute approximate surface area is 75.0 Å². The maximum Gasteiger partial charge on any atom is 0.168 e. The van der Waals surface area contributed by atoms with Crippen LogP contribution in [0.3, 0.4) is 0 Å². The molecule has 72 valence electrons. The molecule has 0 bridgehead atoms. The number of rotatable bonds is 3. The van der Waals surface area contributed by atoms with E-state index in [1.54, 1.807) is 6.92 Å². The largest absolute Gasteiger partial charge is 0.366 e. The molecule has 1 rings (SSSR count). The van der Waals surface area contributed by atoms with Gasteiger partial charge in [-0.15, -0.1) is 0 Å². The number of hydrogen-bond acceptors (Lipinski definition) is 3. The molecule has 0 radical (unpaired) electrons. The smallest absolute Gasteiger partial charge is 0.168 e. The third-order valence-electron chi connectivity index (χ3n) is 1.40. The average Bonchev–Trinajstić information content (AvgIpc) is 2.02. The summed E-state index contributed by atoms with van der Waals surface area (Å²) in [5, 5.41) is 2.66. The van der Waals surface area contributed by atoms with E-state index in [-0.39, 0.29) is 11.9 Å². The first-order chi connectivity index (χ1) is 6.09. The summed E-state index contributed by atoms with van der Waals surface area (Å²) < 4.78 is 25.3. The second kappa shape index (κ2) is 4.13. The fraction of sp³-hybridized carbons (Fsp3) is 0.375. The molecule has 1 heterocycles. The van der Waals surface area contributed by atoms with Crippen LogP contribution in [0.5, 0.6) is 0 Å². The van der Waals surface area contributed by atoms with Crippen molar-refractivity contribution in [1.82, 2.24) is 4.98 Å². The molecule has 0 saturated carbocycles. The summed E-state index contributed by atoms with van der Waals surface area (Å²) in [5.74, 6) is -1.37. The maximum absolute atomic E-state index is 12.9. The van der Waals surface area contributed by atoms with Gasteiger partial charge in [-0.25, -0.2) is 13.8 Å². The zero-order valence-corrected chi connectivity index (χ0v) is 7.22. The number of anilines is 1. The summed E-state index contributed by atoms with van der Waals surface area (Å²) in [6.45, 7) is 2.17. The molecule has 1 unspecified atom stereocenters. The molecule has 5 heteroatoms. The van der Waals surface area contributed by atoms with Crippen molar-refractivity contribution >= 4 is 5.82 Å². The topological polar surface area (TPSA) is 50.9 Å². The Morgan fingerprint density at radius 3 is 2.85 bits per heavy atom. The minimum atomic E-state index is -0.708. The predicted octanol–water partition coefficient (Wildman–Crippen LogP) is 1.12. The molecule has 1 aromatic rings. The summed E-state index contributed by atoms with van der Waals surface area (Å²) in [5.41, 5.74) is 5.43. The Morgan fingerprint density at radius 1 is 1.62 bits per heavy atom. The van der Waals surface area contributed by atoms with Crippen LogP contribution in [0, 0.1) is 11.6 Å². The van der Waals surface area contributed by atoms with Crippen LogP contribution in [-0.2, 0) is 0 Å². The van der Waals surface area contributed by atoms with E-state index in [0.717, 1.165) is 12.3 Å². The molecule has 1 aromatic heterocycles. The fourth-order valence-corrected chi connectivity index (χ4v) is 0.802. The molecule has 1 atom stereocenters. The predicted molar refractivity (Wildman–Crippen MR) is 46.3 cm³/mol. The fourth-order valence-electron chi connectivity index (χ4n) is 0.802. The zero-order valence-electron chi connectivity index (χ0n) is 7.22. The molecule has 0 aliphatic carbocycles. The van der Waals surface area contributed by atoms with E-state index in [1.165, 1.54) is 0 Å². The summed E-state index contributed by atoms with van der Waals surface area (Å²) in [6, 6.07) is 0.669. The number of aromatic nitrogens is 1. The standard InChI is InChI=1S/C8H11F2N3/c1-5(11)3-12-8-7(10)2-6(9)4-13-8/h2,4-5H,3,11H2,1H3,(H,12,13). The van der Waals surface area contributed by atoms with Crippen molar-refractivity contribution in [2.24, 2.45) is 5.73 Å². The van der Waals surface area contributed by atoms with Crippen LogP contribution in [0.4, 0.5) is 14.6 Å². The van der Waals surface area contributed by atoms with E-state index in [9.17, 15) is 8.78 Å². The molecule has 0 aromatic carbocycles. The van der Waals surface area contributed by atoms with Crippen LogP contribution in [0.25, 0.3) is 0 Å². The van der Waals surface area contributed by atoms with Gasteiger partial charge >= 0.3 is 0 Å². The molecule has 0 saturated heterocycles. The highest BCUT2D eigenvalue weighted by molar-refractivity contribution is 5.35. The second-order valence-electron chi connectivity index (χ2n) is 2.84. The Morgan fingerprint density at radius 2 is 2.31 bits per heavy atom. The maximum atomic E-state index is 12.9. The molecule has 13 heavy (non-hydrogen) atoms. The first-order valence-corrected chi connectivity index (χ1v) is 3.90. The molecule has 0 aliphatic heterocycles. The van der Waals surface area contributed by atoms with Gasteiger partial charge in [-0.1, -0.05) is 0 Å². The molecular formula is C8H11F2N3. The summed E-state index contributed by atoms with van der Waals surface area (Å²) in [7, 11) is 0. The number of nitrogens with zero attached hydrogens (tertiary/aromatic N) is 1. The summed E-state index contributed by atoms with van der Waals surface area (Å²) in [4.78, 5) is 3.53. The molecule has 3 N–H and O–H groups in total. The van der Waals surface area contributed by atoms with Crippen LogP contribution in [-0.4, -0.2) is 17.6 Å². The van der Waals surface area contributed by atoms with E-state index in [2.05, 4.69) is 10.3 Å². The Balaban J connectivity index is 2.67. The van der Waals surface area contributed by atoms with Gasteiger partial charge in [-0.2, -0.15) is 0 Å². The van der Waals surface area contributed by atoms with Crippen molar-refractivity contribution in [1.29, 1.82) is 0 Å². The SMILES string of the molecule is CC(N)CNc1ncc(F)cc1F. The van der Waals surface area contributed by atoms with Gasteiger partial charge in [0.2, 0.25) is 0 Å². The van der Waals surface area contributed by atoms with Crippen molar-refractivity contribution in [2.75, 3.05) is 11.9 Å². The van der Waals surface area contributed by atoms with E-state index < -0.39 is 11.6 Å². The highest BCUT2D eigenvalue weighted by Gasteiger charge is 2.04. The first kappa shape index (κ1) is 9.85. The van der Waals surface area contributed by atoms with Crippen LogP contribution in [0.15, 0.2) is 12.3 Å². The number of pyridine rings is 1. The van der Waals surface area contributed by atoms with E-state index in [0.29, 0.717) is 6.54 Å². The minimum Gasteiger partial charge on any atom is -0.366 e. The van der Waals surface area contributed by atoms with Crippen LogP contribution in [0.2, 0.25) is 0 Å². The summed E-state index contributed by atoms with van der Waals surface area (Å²) in [6.07, 6.45) is 0.951. The minimum absolute atomic E-state index is 0.0266.